The molecule has 0 amide bonds. The van der Waals surface area contributed by atoms with E-state index in [0.717, 1.165) is 6.04 Å². The van der Waals surface area contributed by atoms with E-state index in [1.54, 1.807) is 0 Å². The predicted molar refractivity (Wildman–Crippen MR) is 46.2 cm³/mol. The van der Waals surface area contributed by atoms with Crippen molar-refractivity contribution in [1.82, 2.24) is 0 Å². The minimum atomic E-state index is 0.612. The molecule has 1 aliphatic rings. The molecule has 2 atom stereocenters. The molecule has 72 valence electrons. The minimum Gasteiger partial charge on any atom is -0.345 e. The van der Waals surface area contributed by atoms with Gasteiger partial charge in [0, 0.05) is 0 Å². The monoisotopic (exact) mass is 176 g/mol. The molecule has 4 nitrogen and oxygen atoms in total. The molecule has 0 aromatic carbocycles. The average Bonchev–Trinajstić information content (AvgIpc) is 2.05. The van der Waals surface area contributed by atoms with E-state index < -0.39 is 0 Å². The van der Waals surface area contributed by atoms with Gasteiger partial charge in [-0.25, -0.2) is 0 Å². The van der Waals surface area contributed by atoms with E-state index in [2.05, 4.69) is 28.6 Å². The second-order valence-corrected chi connectivity index (χ2v) is 3.69. The zero-order valence-corrected chi connectivity index (χ0v) is 8.13. The van der Waals surface area contributed by atoms with Gasteiger partial charge in [0.15, 0.2) is 12.1 Å². The highest BCUT2D eigenvalue weighted by Gasteiger charge is 2.28. The van der Waals surface area contributed by atoms with Crippen molar-refractivity contribution in [3.8, 4) is 0 Å². The Labute approximate surface area is 74.3 Å². The van der Waals surface area contributed by atoms with Crippen molar-refractivity contribution < 1.29 is 21.7 Å². The van der Waals surface area contributed by atoms with Crippen LogP contribution in [0.2, 0.25) is 0 Å². The fraction of sp³-hybridized carbons (Fsp3) is 1.00. The first-order chi connectivity index (χ1) is 5.84. The van der Waals surface area contributed by atoms with Gasteiger partial charge in [0.25, 0.3) is 0 Å². The van der Waals surface area contributed by atoms with Gasteiger partial charge in [-0.3, -0.25) is 0 Å². The summed E-state index contributed by atoms with van der Waals surface area (Å²) in [6, 6.07) is 1.34. The zero-order valence-electron chi connectivity index (χ0n) is 8.13. The average molecular weight is 176 g/mol. The Hall–Kier alpha value is -0.160. The summed E-state index contributed by atoms with van der Waals surface area (Å²) in [5.74, 6) is 0. The van der Waals surface area contributed by atoms with Crippen molar-refractivity contribution in [3.05, 3.63) is 0 Å². The molecule has 0 aliphatic carbocycles. The summed E-state index contributed by atoms with van der Waals surface area (Å²) in [5, 5.41) is 7.24. The molecule has 0 radical (unpaired) electrons. The summed E-state index contributed by atoms with van der Waals surface area (Å²) in [5.41, 5.74) is 4.22. The van der Waals surface area contributed by atoms with Crippen LogP contribution < -0.4 is 21.7 Å². The van der Waals surface area contributed by atoms with Crippen LogP contribution in [0.5, 0.6) is 0 Å². The van der Waals surface area contributed by atoms with Gasteiger partial charge in [0.1, 0.15) is 26.2 Å². The predicted octanol–water partition coefficient (Wildman–Crippen LogP) is -5.31. The molecule has 1 heterocycles. The van der Waals surface area contributed by atoms with Gasteiger partial charge in [0.2, 0.25) is 0 Å². The Kier molecular flexibility index (Phi) is 4.53. The van der Waals surface area contributed by atoms with Crippen LogP contribution in [-0.4, -0.2) is 44.8 Å². The van der Waals surface area contributed by atoms with Gasteiger partial charge in [0.05, 0.1) is 6.54 Å². The number of hydrogen-bond donors (Lipinski definition) is 4. The second-order valence-electron chi connectivity index (χ2n) is 3.69. The van der Waals surface area contributed by atoms with E-state index in [-0.39, 0.29) is 0 Å². The van der Waals surface area contributed by atoms with Crippen LogP contribution in [0.1, 0.15) is 6.92 Å². The molecule has 0 bridgehead atoms. The lowest BCUT2D eigenvalue weighted by Crippen LogP contribution is -3.10. The largest absolute Gasteiger partial charge is 0.345 e. The third-order valence-electron chi connectivity index (χ3n) is 2.63. The Morgan fingerprint density at radius 3 is 2.67 bits per heavy atom. The lowest BCUT2D eigenvalue weighted by molar-refractivity contribution is -0.807. The summed E-state index contributed by atoms with van der Waals surface area (Å²) < 4.78 is 0. The van der Waals surface area contributed by atoms with Gasteiger partial charge in [-0.2, -0.15) is 0 Å². The summed E-state index contributed by atoms with van der Waals surface area (Å²) in [6.07, 6.45) is 0. The number of rotatable bonds is 2. The Morgan fingerprint density at radius 1 is 1.33 bits per heavy atom. The Balaban J connectivity index is 2.32. The summed E-state index contributed by atoms with van der Waals surface area (Å²) in [6.45, 7) is 8.37. The minimum absolute atomic E-state index is 0.612. The maximum atomic E-state index is 4.22. The number of nitrogens with two attached hydrogens (primary N) is 3. The van der Waals surface area contributed by atoms with Crippen molar-refractivity contribution in [2.45, 2.75) is 19.0 Å². The van der Waals surface area contributed by atoms with Crippen LogP contribution in [0.25, 0.3) is 0 Å². The molecule has 9 N–H and O–H groups in total. The van der Waals surface area contributed by atoms with Crippen LogP contribution in [0.3, 0.4) is 0 Å². The quantitative estimate of drug-likeness (QED) is 0.324. The van der Waals surface area contributed by atoms with Gasteiger partial charge in [-0.05, 0) is 6.92 Å². The van der Waals surface area contributed by atoms with E-state index in [0.29, 0.717) is 6.04 Å². The highest BCUT2D eigenvalue weighted by Crippen LogP contribution is 1.75. The van der Waals surface area contributed by atoms with Gasteiger partial charge in [-0.15, -0.1) is 0 Å². The molecular weight excluding hydrogens is 152 g/mol. The fourth-order valence-electron chi connectivity index (χ4n) is 1.84. The molecule has 1 aliphatic heterocycles. The van der Waals surface area contributed by atoms with Crippen molar-refractivity contribution in [2.24, 2.45) is 0 Å². The van der Waals surface area contributed by atoms with Crippen molar-refractivity contribution in [3.63, 3.8) is 0 Å². The van der Waals surface area contributed by atoms with E-state index in [1.807, 2.05) is 0 Å². The number of likely N-dealkylation sites (N-methyl/N-ethyl adjacent to an activating group) is 1. The smallest absolute Gasteiger partial charge is 0.193 e. The molecule has 0 aromatic heterocycles. The third-order valence-corrected chi connectivity index (χ3v) is 2.63. The first-order valence-electron chi connectivity index (χ1n) is 5.14. The van der Waals surface area contributed by atoms with Crippen LogP contribution in [0.4, 0.5) is 0 Å². The number of hydrogen-bond acceptors (Lipinski definition) is 0. The topological polar surface area (TPSA) is 77.5 Å². The first kappa shape index (κ1) is 9.92. The summed E-state index contributed by atoms with van der Waals surface area (Å²) >= 11 is 0. The first-order valence-corrected chi connectivity index (χ1v) is 5.14. The van der Waals surface area contributed by atoms with E-state index >= 15 is 0 Å². The maximum absolute atomic E-state index is 4.22. The van der Waals surface area contributed by atoms with Crippen LogP contribution in [-0.2, 0) is 0 Å². The van der Waals surface area contributed by atoms with Crippen LogP contribution >= 0.6 is 0 Å². The van der Waals surface area contributed by atoms with Crippen LogP contribution in [0, 0.1) is 0 Å². The molecule has 0 spiro atoms. The Morgan fingerprint density at radius 2 is 2.00 bits per heavy atom. The lowest BCUT2D eigenvalue weighted by Gasteiger charge is -2.18. The van der Waals surface area contributed by atoms with E-state index in [4.69, 9.17) is 0 Å². The summed E-state index contributed by atoms with van der Waals surface area (Å²) in [4.78, 5) is 0. The lowest BCUT2D eigenvalue weighted by atomic mass is 10.1. The molecule has 1 rings (SSSR count). The fourth-order valence-corrected chi connectivity index (χ4v) is 1.84. The molecule has 0 saturated carbocycles. The van der Waals surface area contributed by atoms with Gasteiger partial charge < -0.3 is 21.7 Å². The van der Waals surface area contributed by atoms with E-state index in [1.165, 1.54) is 32.7 Å². The zero-order chi connectivity index (χ0) is 8.81. The molecule has 0 aromatic rings. The van der Waals surface area contributed by atoms with Crippen LogP contribution in [0.15, 0.2) is 0 Å². The highest BCUT2D eigenvalue weighted by atomic mass is 15.1. The maximum Gasteiger partial charge on any atom is 0.193 e. The second kappa shape index (κ2) is 5.48. The Bertz CT molecular complexity index is 118. The SMILES string of the molecule is CC[NH2+][C@H]1C[NH2+]CC[NH2+]C[C@@H]1[NH3+]. The normalized spacial score (nSPS) is 32.5. The standard InChI is InChI=1S/C8H20N4/c1-2-12-8-6-11-4-3-10-5-7(8)9/h7-8,10-12H,2-6,9H2,1H3/p+4/t7-,8-/m0/s1. The molecule has 12 heavy (non-hydrogen) atoms. The highest BCUT2D eigenvalue weighted by molar-refractivity contribution is 4.61. The summed E-state index contributed by atoms with van der Waals surface area (Å²) in [7, 11) is 0. The molecule has 4 heteroatoms. The third kappa shape index (κ3) is 3.06. The van der Waals surface area contributed by atoms with Crippen molar-refractivity contribution >= 4 is 0 Å². The van der Waals surface area contributed by atoms with Crippen molar-refractivity contribution in [2.75, 3.05) is 32.7 Å². The van der Waals surface area contributed by atoms with Gasteiger partial charge >= 0.3 is 0 Å². The number of quaternary nitrogens is 4. The van der Waals surface area contributed by atoms with Gasteiger partial charge in [-0.1, -0.05) is 0 Å². The molecule has 1 saturated heterocycles. The van der Waals surface area contributed by atoms with E-state index in [9.17, 15) is 0 Å². The molecule has 0 unspecified atom stereocenters. The van der Waals surface area contributed by atoms with Crippen molar-refractivity contribution in [1.29, 1.82) is 0 Å². The molecular formula is C8H24N4+4. The molecule has 1 fully saturated rings.